The lowest BCUT2D eigenvalue weighted by molar-refractivity contribution is 0.190. The molecule has 1 heterocycles. The van der Waals surface area contributed by atoms with Crippen molar-refractivity contribution in [1.29, 1.82) is 0 Å². The Bertz CT molecular complexity index is 619. The average Bonchev–Trinajstić information content (AvgIpc) is 2.74. The summed E-state index contributed by atoms with van der Waals surface area (Å²) in [5.74, 6) is 3.34. The van der Waals surface area contributed by atoms with Gasteiger partial charge in [0.2, 0.25) is 0 Å². The van der Waals surface area contributed by atoms with Crippen molar-refractivity contribution in [2.45, 2.75) is 46.0 Å². The molecule has 1 aromatic rings. The van der Waals surface area contributed by atoms with Gasteiger partial charge in [-0.3, -0.25) is 4.99 Å². The van der Waals surface area contributed by atoms with Gasteiger partial charge in [0.05, 0.1) is 14.2 Å². The zero-order valence-electron chi connectivity index (χ0n) is 19.2. The molecule has 1 aromatic carbocycles. The minimum Gasteiger partial charge on any atom is -0.493 e. The molecule has 2 N–H and O–H groups in total. The number of halogens is 1. The van der Waals surface area contributed by atoms with Gasteiger partial charge in [0.25, 0.3) is 0 Å². The van der Waals surface area contributed by atoms with E-state index in [1.165, 1.54) is 44.5 Å². The molecule has 0 aliphatic carbocycles. The molecule has 0 unspecified atom stereocenters. The zero-order valence-corrected chi connectivity index (χ0v) is 21.5. The van der Waals surface area contributed by atoms with E-state index in [2.05, 4.69) is 35.4 Å². The third-order valence-electron chi connectivity index (χ3n) is 5.53. The Morgan fingerprint density at radius 1 is 1.10 bits per heavy atom. The number of methoxy groups -OCH3 is 2. The molecule has 30 heavy (non-hydrogen) atoms. The molecule has 7 heteroatoms. The summed E-state index contributed by atoms with van der Waals surface area (Å²) in [6, 6.07) is 6.07. The number of hydrogen-bond donors (Lipinski definition) is 2. The van der Waals surface area contributed by atoms with Crippen LogP contribution in [0.25, 0.3) is 0 Å². The van der Waals surface area contributed by atoms with E-state index in [-0.39, 0.29) is 24.0 Å². The first-order valence-corrected chi connectivity index (χ1v) is 11.1. The van der Waals surface area contributed by atoms with Gasteiger partial charge >= 0.3 is 0 Å². The number of aliphatic imine (C=N–C) groups is 1. The molecule has 6 nitrogen and oxygen atoms in total. The lowest BCUT2D eigenvalue weighted by Gasteiger charge is -2.30. The fourth-order valence-electron chi connectivity index (χ4n) is 3.63. The van der Waals surface area contributed by atoms with Gasteiger partial charge in [-0.1, -0.05) is 13.0 Å². The molecular weight excluding hydrogens is 491 g/mol. The van der Waals surface area contributed by atoms with Crippen molar-refractivity contribution in [3.8, 4) is 11.5 Å². The third-order valence-corrected chi connectivity index (χ3v) is 5.53. The van der Waals surface area contributed by atoms with E-state index in [9.17, 15) is 0 Å². The number of nitrogens with one attached hydrogen (secondary N) is 2. The van der Waals surface area contributed by atoms with Crippen LogP contribution in [-0.2, 0) is 6.42 Å². The van der Waals surface area contributed by atoms with E-state index in [1.54, 1.807) is 14.2 Å². The number of likely N-dealkylation sites (tertiary alicyclic amines) is 1. The van der Waals surface area contributed by atoms with Crippen LogP contribution in [-0.4, -0.2) is 64.3 Å². The number of ether oxygens (including phenoxy) is 2. The summed E-state index contributed by atoms with van der Waals surface area (Å²) in [6.45, 7) is 10.8. The monoisotopic (exact) mass is 532 g/mol. The summed E-state index contributed by atoms with van der Waals surface area (Å²) < 4.78 is 10.7. The first-order chi connectivity index (χ1) is 14.2. The van der Waals surface area contributed by atoms with Crippen molar-refractivity contribution >= 4 is 29.9 Å². The van der Waals surface area contributed by atoms with Crippen LogP contribution in [0.15, 0.2) is 23.2 Å². The Balaban J connectivity index is 0.00000450. The standard InChI is InChI=1S/C23H40N4O2.HI/c1-5-24-23(25-13-6-7-15-27-16-11-19(2)12-17-27)26-14-10-20-8-9-21(28-3)22(18-20)29-4;/h8-9,18-19H,5-7,10-17H2,1-4H3,(H2,24,25,26);1H. The SMILES string of the molecule is CCNC(=NCCCCN1CCC(C)CC1)NCCc1ccc(OC)c(OC)c1.I. The van der Waals surface area contributed by atoms with Crippen LogP contribution in [0, 0.1) is 5.92 Å². The van der Waals surface area contributed by atoms with Gasteiger partial charge in [-0.25, -0.2) is 0 Å². The maximum Gasteiger partial charge on any atom is 0.191 e. The van der Waals surface area contributed by atoms with Gasteiger partial charge in [0.15, 0.2) is 17.5 Å². The molecule has 172 valence electrons. The summed E-state index contributed by atoms with van der Waals surface area (Å²) >= 11 is 0. The Kier molecular flexibility index (Phi) is 13.9. The van der Waals surface area contributed by atoms with E-state index in [0.717, 1.165) is 55.9 Å². The lowest BCUT2D eigenvalue weighted by atomic mass is 9.99. The highest BCUT2D eigenvalue weighted by molar-refractivity contribution is 14.0. The summed E-state index contributed by atoms with van der Waals surface area (Å²) in [5, 5.41) is 6.78. The highest BCUT2D eigenvalue weighted by Crippen LogP contribution is 2.27. The number of unbranched alkanes of at least 4 members (excludes halogenated alkanes) is 1. The smallest absolute Gasteiger partial charge is 0.191 e. The molecule has 2 rings (SSSR count). The van der Waals surface area contributed by atoms with E-state index < -0.39 is 0 Å². The fourth-order valence-corrected chi connectivity index (χ4v) is 3.63. The summed E-state index contributed by atoms with van der Waals surface area (Å²) in [6.07, 6.45) is 5.97. The highest BCUT2D eigenvalue weighted by atomic mass is 127. The van der Waals surface area contributed by atoms with Crippen LogP contribution >= 0.6 is 24.0 Å². The van der Waals surface area contributed by atoms with Crippen LogP contribution in [0.2, 0.25) is 0 Å². The molecule has 0 spiro atoms. The Labute approximate surface area is 200 Å². The van der Waals surface area contributed by atoms with Crippen LogP contribution in [0.4, 0.5) is 0 Å². The molecule has 0 saturated carbocycles. The normalized spacial score (nSPS) is 15.4. The first kappa shape index (κ1) is 26.8. The van der Waals surface area contributed by atoms with Gasteiger partial charge in [-0.05, 0) is 82.3 Å². The van der Waals surface area contributed by atoms with Crippen LogP contribution in [0.3, 0.4) is 0 Å². The first-order valence-electron chi connectivity index (χ1n) is 11.1. The second-order valence-electron chi connectivity index (χ2n) is 7.86. The Morgan fingerprint density at radius 3 is 2.50 bits per heavy atom. The zero-order chi connectivity index (χ0) is 20.9. The van der Waals surface area contributed by atoms with E-state index >= 15 is 0 Å². The molecule has 0 bridgehead atoms. The molecule has 1 saturated heterocycles. The quantitative estimate of drug-likeness (QED) is 0.196. The molecule has 1 fully saturated rings. The minimum absolute atomic E-state index is 0. The second-order valence-corrected chi connectivity index (χ2v) is 7.86. The number of piperidine rings is 1. The average molecular weight is 533 g/mol. The van der Waals surface area contributed by atoms with Crippen molar-refractivity contribution in [3.05, 3.63) is 23.8 Å². The van der Waals surface area contributed by atoms with E-state index in [4.69, 9.17) is 14.5 Å². The largest absolute Gasteiger partial charge is 0.493 e. The number of hydrogen-bond acceptors (Lipinski definition) is 4. The Morgan fingerprint density at radius 2 is 1.83 bits per heavy atom. The topological polar surface area (TPSA) is 58.1 Å². The van der Waals surface area contributed by atoms with Crippen molar-refractivity contribution < 1.29 is 9.47 Å². The number of guanidine groups is 1. The maximum absolute atomic E-state index is 5.38. The second kappa shape index (κ2) is 15.6. The van der Waals surface area contributed by atoms with Gasteiger partial charge < -0.3 is 25.0 Å². The molecule has 0 aromatic heterocycles. The predicted molar refractivity (Wildman–Crippen MR) is 137 cm³/mol. The number of rotatable bonds is 11. The number of nitrogens with zero attached hydrogens (tertiary/aromatic N) is 2. The summed E-state index contributed by atoms with van der Waals surface area (Å²) in [5.41, 5.74) is 1.21. The van der Waals surface area contributed by atoms with Gasteiger partial charge in [-0.2, -0.15) is 0 Å². The Hall–Kier alpha value is -1.22. The van der Waals surface area contributed by atoms with E-state index in [0.29, 0.717) is 0 Å². The van der Waals surface area contributed by atoms with Crippen molar-refractivity contribution in [2.24, 2.45) is 10.9 Å². The molecule has 0 atom stereocenters. The molecule has 0 amide bonds. The maximum atomic E-state index is 5.38. The minimum atomic E-state index is 0. The van der Waals surface area contributed by atoms with Crippen LogP contribution < -0.4 is 20.1 Å². The highest BCUT2D eigenvalue weighted by Gasteiger charge is 2.14. The lowest BCUT2D eigenvalue weighted by Crippen LogP contribution is -2.38. The summed E-state index contributed by atoms with van der Waals surface area (Å²) in [7, 11) is 3.33. The van der Waals surface area contributed by atoms with Crippen LogP contribution in [0.5, 0.6) is 11.5 Å². The van der Waals surface area contributed by atoms with E-state index in [1.807, 2.05) is 12.1 Å². The van der Waals surface area contributed by atoms with Crippen molar-refractivity contribution in [1.82, 2.24) is 15.5 Å². The molecule has 1 aliphatic rings. The van der Waals surface area contributed by atoms with Gasteiger partial charge in [0.1, 0.15) is 0 Å². The van der Waals surface area contributed by atoms with Gasteiger partial charge in [0, 0.05) is 19.6 Å². The van der Waals surface area contributed by atoms with Gasteiger partial charge in [-0.15, -0.1) is 24.0 Å². The molecular formula is C23H41IN4O2. The van der Waals surface area contributed by atoms with Crippen LogP contribution in [0.1, 0.15) is 45.1 Å². The van der Waals surface area contributed by atoms with Crippen molar-refractivity contribution in [2.75, 3.05) is 53.5 Å². The summed E-state index contributed by atoms with van der Waals surface area (Å²) in [4.78, 5) is 7.34. The predicted octanol–water partition coefficient (Wildman–Crippen LogP) is 3.93. The number of benzene rings is 1. The third kappa shape index (κ3) is 9.73. The fraction of sp³-hybridized carbons (Fsp3) is 0.696. The molecule has 1 aliphatic heterocycles. The van der Waals surface area contributed by atoms with Crippen molar-refractivity contribution in [3.63, 3.8) is 0 Å². The molecule has 0 radical (unpaired) electrons.